The van der Waals surface area contributed by atoms with Crippen molar-refractivity contribution in [1.29, 1.82) is 0 Å². The number of para-hydroxylation sites is 2. The van der Waals surface area contributed by atoms with Gasteiger partial charge in [0.25, 0.3) is 0 Å². The number of aromatic nitrogens is 4. The summed E-state index contributed by atoms with van der Waals surface area (Å²) in [6, 6.07) is 15.8. The number of nitro benzene ring substituents is 1. The molecule has 2 aromatic carbocycles. The molecule has 3 aromatic rings. The lowest BCUT2D eigenvalue weighted by Gasteiger charge is -2.00. The highest BCUT2D eigenvalue weighted by Gasteiger charge is 2.25. The van der Waals surface area contributed by atoms with Crippen LogP contribution in [0.4, 0.5) is 5.69 Å². The minimum absolute atomic E-state index is 0. The van der Waals surface area contributed by atoms with Gasteiger partial charge < -0.3 is 12.4 Å². The molecule has 0 unspecified atom stereocenters. The molecule has 0 aliphatic rings. The van der Waals surface area contributed by atoms with Crippen molar-refractivity contribution in [2.24, 2.45) is 0 Å². The molecule has 21 heavy (non-hydrogen) atoms. The van der Waals surface area contributed by atoms with Gasteiger partial charge in [-0.15, -0.1) is 4.68 Å². The van der Waals surface area contributed by atoms with Gasteiger partial charge in [0.05, 0.1) is 10.5 Å². The van der Waals surface area contributed by atoms with E-state index in [1.165, 1.54) is 10.7 Å². The van der Waals surface area contributed by atoms with Gasteiger partial charge in [-0.2, -0.15) is 0 Å². The summed E-state index contributed by atoms with van der Waals surface area (Å²) in [6.07, 6.45) is 0. The second-order valence-electron chi connectivity index (χ2n) is 4.07. The Labute approximate surface area is 125 Å². The molecule has 0 radical (unpaired) electrons. The minimum Gasteiger partial charge on any atom is -1.00 e. The molecule has 7 nitrogen and oxygen atoms in total. The van der Waals surface area contributed by atoms with Crippen molar-refractivity contribution < 1.29 is 22.0 Å². The van der Waals surface area contributed by atoms with E-state index in [9.17, 15) is 10.1 Å². The Morgan fingerprint density at radius 3 is 2.43 bits per heavy atom. The van der Waals surface area contributed by atoms with Crippen LogP contribution in [-0.4, -0.2) is 20.4 Å². The average Bonchev–Trinajstić information content (AvgIpc) is 2.97. The molecule has 1 aromatic heterocycles. The quantitative estimate of drug-likeness (QED) is 0.368. The van der Waals surface area contributed by atoms with Crippen LogP contribution in [0.5, 0.6) is 0 Å². The largest absolute Gasteiger partial charge is 1.00 e. The first-order valence-electron chi connectivity index (χ1n) is 5.89. The predicted octanol–water partition coefficient (Wildman–Crippen LogP) is -1.34. The van der Waals surface area contributed by atoms with E-state index in [0.29, 0.717) is 11.5 Å². The van der Waals surface area contributed by atoms with Gasteiger partial charge in [-0.3, -0.25) is 10.1 Å². The van der Waals surface area contributed by atoms with Crippen LogP contribution < -0.4 is 17.1 Å². The van der Waals surface area contributed by atoms with Crippen molar-refractivity contribution in [3.8, 4) is 17.1 Å². The van der Waals surface area contributed by atoms with Crippen LogP contribution in [0.1, 0.15) is 0 Å². The molecular formula is C13H10ClN5O2. The van der Waals surface area contributed by atoms with Crippen molar-refractivity contribution in [2.45, 2.75) is 0 Å². The number of aromatic amines is 1. The highest BCUT2D eigenvalue weighted by molar-refractivity contribution is 5.53. The zero-order valence-corrected chi connectivity index (χ0v) is 11.4. The van der Waals surface area contributed by atoms with Crippen molar-refractivity contribution in [3.63, 3.8) is 0 Å². The summed E-state index contributed by atoms with van der Waals surface area (Å²) in [6.45, 7) is 0. The number of rotatable bonds is 3. The fraction of sp³-hybridized carbons (Fsp3) is 0. The highest BCUT2D eigenvalue weighted by atomic mass is 35.5. The molecule has 0 aliphatic heterocycles. The monoisotopic (exact) mass is 303 g/mol. The summed E-state index contributed by atoms with van der Waals surface area (Å²) in [5, 5.41) is 21.5. The molecule has 106 valence electrons. The maximum absolute atomic E-state index is 11.1. The van der Waals surface area contributed by atoms with E-state index >= 15 is 0 Å². The Balaban J connectivity index is 0.00000161. The van der Waals surface area contributed by atoms with E-state index < -0.39 is 4.92 Å². The zero-order chi connectivity index (χ0) is 13.9. The second-order valence-corrected chi connectivity index (χ2v) is 4.07. The summed E-state index contributed by atoms with van der Waals surface area (Å²) in [5.74, 6) is 0.514. The number of nitrogens with zero attached hydrogens (tertiary/aromatic N) is 4. The molecule has 0 atom stereocenters. The zero-order valence-electron chi connectivity index (χ0n) is 10.7. The topological polar surface area (TPSA) is 88.6 Å². The fourth-order valence-corrected chi connectivity index (χ4v) is 1.96. The van der Waals surface area contributed by atoms with E-state index in [1.807, 2.05) is 30.3 Å². The van der Waals surface area contributed by atoms with Crippen LogP contribution in [-0.2, 0) is 0 Å². The third kappa shape index (κ3) is 2.72. The molecule has 3 rings (SSSR count). The maximum atomic E-state index is 11.1. The lowest BCUT2D eigenvalue weighted by atomic mass is 10.2. The SMILES string of the molecule is O=[N+]([O-])c1ccccc1-[n+]1[nH]nnc1-c1ccccc1.[Cl-]. The summed E-state index contributed by atoms with van der Waals surface area (Å²) >= 11 is 0. The Bertz CT molecular complexity index is 760. The third-order valence-electron chi connectivity index (χ3n) is 2.85. The van der Waals surface area contributed by atoms with Crippen LogP contribution in [0.15, 0.2) is 54.6 Å². The predicted molar refractivity (Wildman–Crippen MR) is 70.0 cm³/mol. The Morgan fingerprint density at radius 1 is 1.05 bits per heavy atom. The standard InChI is InChI=1S/C13H9N5O2.ClH/c19-18(20)12-9-5-4-8-11(12)17-13(14-15-16-17)10-6-2-1-3-7-10;/h1-9H;1H. The average molecular weight is 304 g/mol. The van der Waals surface area contributed by atoms with Crippen molar-refractivity contribution in [2.75, 3.05) is 0 Å². The molecular weight excluding hydrogens is 294 g/mol. The molecule has 1 heterocycles. The molecule has 0 bridgehead atoms. The molecule has 0 aliphatic carbocycles. The Kier molecular flexibility index (Phi) is 4.24. The van der Waals surface area contributed by atoms with E-state index in [2.05, 4.69) is 15.5 Å². The lowest BCUT2D eigenvalue weighted by Crippen LogP contribution is -3.00. The fourth-order valence-electron chi connectivity index (χ4n) is 1.96. The highest BCUT2D eigenvalue weighted by Crippen LogP contribution is 2.19. The number of tetrazole rings is 1. The van der Waals surface area contributed by atoms with Crippen LogP contribution >= 0.6 is 0 Å². The van der Waals surface area contributed by atoms with E-state index in [4.69, 9.17) is 0 Å². The van der Waals surface area contributed by atoms with Gasteiger partial charge in [0, 0.05) is 6.07 Å². The maximum Gasteiger partial charge on any atom is 0.337 e. The summed E-state index contributed by atoms with van der Waals surface area (Å²) in [4.78, 5) is 10.7. The third-order valence-corrected chi connectivity index (χ3v) is 2.85. The number of hydrogen-bond donors (Lipinski definition) is 1. The van der Waals surface area contributed by atoms with Gasteiger partial charge in [-0.25, -0.2) is 0 Å². The molecule has 0 saturated heterocycles. The smallest absolute Gasteiger partial charge is 0.337 e. The minimum atomic E-state index is -0.433. The molecule has 0 spiro atoms. The second kappa shape index (κ2) is 6.10. The van der Waals surface area contributed by atoms with Gasteiger partial charge in [0.15, 0.2) is 5.21 Å². The summed E-state index contributed by atoms with van der Waals surface area (Å²) in [5.41, 5.74) is 1.20. The summed E-state index contributed by atoms with van der Waals surface area (Å²) < 4.78 is 1.49. The van der Waals surface area contributed by atoms with E-state index in [-0.39, 0.29) is 18.1 Å². The van der Waals surface area contributed by atoms with E-state index in [0.717, 1.165) is 5.56 Å². The normalized spacial score (nSPS) is 9.90. The Morgan fingerprint density at radius 2 is 1.71 bits per heavy atom. The van der Waals surface area contributed by atoms with Gasteiger partial charge in [0.1, 0.15) is 5.10 Å². The van der Waals surface area contributed by atoms with Crippen LogP contribution in [0.3, 0.4) is 0 Å². The van der Waals surface area contributed by atoms with Gasteiger partial charge in [-0.05, 0) is 18.2 Å². The number of nitrogens with one attached hydrogen (secondary N) is 1. The molecule has 8 heteroatoms. The van der Waals surface area contributed by atoms with Crippen LogP contribution in [0.25, 0.3) is 17.1 Å². The number of hydrogen-bond acceptors (Lipinski definition) is 4. The summed E-state index contributed by atoms with van der Waals surface area (Å²) in [7, 11) is 0. The lowest BCUT2D eigenvalue weighted by molar-refractivity contribution is -0.653. The first kappa shape index (κ1) is 14.6. The molecule has 1 N–H and O–H groups in total. The van der Waals surface area contributed by atoms with Crippen molar-refractivity contribution in [3.05, 3.63) is 64.7 Å². The van der Waals surface area contributed by atoms with Crippen LogP contribution in [0, 0.1) is 10.1 Å². The number of halogens is 1. The van der Waals surface area contributed by atoms with Crippen LogP contribution in [0.2, 0.25) is 0 Å². The molecule has 0 amide bonds. The van der Waals surface area contributed by atoms with Crippen molar-refractivity contribution in [1.82, 2.24) is 15.5 Å². The van der Waals surface area contributed by atoms with Crippen molar-refractivity contribution >= 4 is 5.69 Å². The molecule has 0 fully saturated rings. The Hall–Kier alpha value is -2.80. The van der Waals surface area contributed by atoms with Gasteiger partial charge in [0.2, 0.25) is 5.69 Å². The number of benzene rings is 2. The number of H-pyrrole nitrogens is 1. The van der Waals surface area contributed by atoms with Gasteiger partial charge in [-0.1, -0.05) is 35.5 Å². The number of nitro groups is 1. The first-order valence-corrected chi connectivity index (χ1v) is 5.89. The molecule has 0 saturated carbocycles. The first-order chi connectivity index (χ1) is 9.77. The van der Waals surface area contributed by atoms with E-state index in [1.54, 1.807) is 18.2 Å². The van der Waals surface area contributed by atoms with Gasteiger partial charge >= 0.3 is 11.5 Å².